The number of aromatic nitrogens is 2. The maximum atomic E-state index is 12.0. The first-order chi connectivity index (χ1) is 8.83. The molecule has 4 nitrogen and oxygen atoms in total. The Balaban J connectivity index is 1.87. The smallest absolute Gasteiger partial charge is 0.256 e. The summed E-state index contributed by atoms with van der Waals surface area (Å²) in [6, 6.07) is 10.8. The number of nitrogens with one attached hydrogen (secondary N) is 1. The molecule has 0 radical (unpaired) electrons. The molecule has 0 saturated carbocycles. The lowest BCUT2D eigenvalue weighted by Gasteiger charge is -2.03. The lowest BCUT2D eigenvalue weighted by molar-refractivity contribution is 0.102. The van der Waals surface area contributed by atoms with E-state index in [0.29, 0.717) is 11.4 Å². The van der Waals surface area contributed by atoms with Crippen LogP contribution in [0.25, 0.3) is 10.2 Å². The first kappa shape index (κ1) is 10.9. The van der Waals surface area contributed by atoms with Crippen molar-refractivity contribution >= 4 is 33.3 Å². The number of amides is 1. The minimum absolute atomic E-state index is 0.163. The standard InChI is InChI=1S/C13H9N3OS/c17-13(16-12-3-1-2-6-14-12)9-4-5-10-11(7-9)18-8-15-10/h1-8H,(H,14,16,17). The normalized spacial score (nSPS) is 10.4. The van der Waals surface area contributed by atoms with E-state index in [4.69, 9.17) is 0 Å². The largest absolute Gasteiger partial charge is 0.307 e. The van der Waals surface area contributed by atoms with Gasteiger partial charge in [0.2, 0.25) is 0 Å². The van der Waals surface area contributed by atoms with Crippen molar-refractivity contribution in [2.45, 2.75) is 0 Å². The third-order valence-electron chi connectivity index (χ3n) is 2.50. The predicted molar refractivity (Wildman–Crippen MR) is 71.8 cm³/mol. The quantitative estimate of drug-likeness (QED) is 0.766. The third-order valence-corrected chi connectivity index (χ3v) is 3.29. The van der Waals surface area contributed by atoms with Gasteiger partial charge in [0.1, 0.15) is 5.82 Å². The van der Waals surface area contributed by atoms with Crippen molar-refractivity contribution in [3.05, 3.63) is 53.7 Å². The van der Waals surface area contributed by atoms with Crippen LogP contribution in [-0.2, 0) is 0 Å². The predicted octanol–water partition coefficient (Wildman–Crippen LogP) is 2.94. The number of fused-ring (bicyclic) bond motifs is 1. The highest BCUT2D eigenvalue weighted by Crippen LogP contribution is 2.19. The molecule has 0 bridgehead atoms. The molecule has 1 amide bonds. The van der Waals surface area contributed by atoms with Crippen LogP contribution in [0.1, 0.15) is 10.4 Å². The number of pyridine rings is 1. The molecule has 1 aromatic carbocycles. The van der Waals surface area contributed by atoms with E-state index in [0.717, 1.165) is 10.2 Å². The van der Waals surface area contributed by atoms with Crippen molar-refractivity contribution in [1.29, 1.82) is 0 Å². The fourth-order valence-corrected chi connectivity index (χ4v) is 2.34. The van der Waals surface area contributed by atoms with E-state index in [1.165, 1.54) is 11.3 Å². The zero-order chi connectivity index (χ0) is 12.4. The number of hydrogen-bond donors (Lipinski definition) is 1. The Morgan fingerprint density at radius 1 is 1.17 bits per heavy atom. The maximum absolute atomic E-state index is 12.0. The topological polar surface area (TPSA) is 54.9 Å². The molecule has 0 saturated heterocycles. The minimum atomic E-state index is -0.163. The van der Waals surface area contributed by atoms with Crippen molar-refractivity contribution in [3.63, 3.8) is 0 Å². The van der Waals surface area contributed by atoms with Crippen LogP contribution >= 0.6 is 11.3 Å². The summed E-state index contributed by atoms with van der Waals surface area (Å²) < 4.78 is 1.00. The fraction of sp³-hybridized carbons (Fsp3) is 0. The molecule has 2 aromatic heterocycles. The van der Waals surface area contributed by atoms with Crippen LogP contribution in [0.15, 0.2) is 48.1 Å². The molecular formula is C13H9N3OS. The van der Waals surface area contributed by atoms with Crippen LogP contribution < -0.4 is 5.32 Å². The first-order valence-corrected chi connectivity index (χ1v) is 6.26. The van der Waals surface area contributed by atoms with E-state index in [1.54, 1.807) is 29.9 Å². The molecule has 0 atom stereocenters. The molecule has 0 spiro atoms. The number of benzene rings is 1. The minimum Gasteiger partial charge on any atom is -0.307 e. The summed E-state index contributed by atoms with van der Waals surface area (Å²) in [6.45, 7) is 0. The van der Waals surface area contributed by atoms with E-state index in [2.05, 4.69) is 15.3 Å². The number of anilines is 1. The number of rotatable bonds is 2. The van der Waals surface area contributed by atoms with Gasteiger partial charge in [0.05, 0.1) is 15.7 Å². The Morgan fingerprint density at radius 3 is 2.94 bits per heavy atom. The zero-order valence-corrected chi connectivity index (χ0v) is 10.1. The third kappa shape index (κ3) is 2.08. The zero-order valence-electron chi connectivity index (χ0n) is 9.33. The van der Waals surface area contributed by atoms with Gasteiger partial charge in [0, 0.05) is 11.8 Å². The molecule has 18 heavy (non-hydrogen) atoms. The van der Waals surface area contributed by atoms with Crippen molar-refractivity contribution in [3.8, 4) is 0 Å². The molecule has 0 aliphatic heterocycles. The van der Waals surface area contributed by atoms with Crippen LogP contribution in [0.2, 0.25) is 0 Å². The highest BCUT2D eigenvalue weighted by Gasteiger charge is 2.08. The summed E-state index contributed by atoms with van der Waals surface area (Å²) in [5, 5.41) is 2.75. The lowest BCUT2D eigenvalue weighted by atomic mass is 10.2. The summed E-state index contributed by atoms with van der Waals surface area (Å²) in [5.41, 5.74) is 3.29. The van der Waals surface area contributed by atoms with Gasteiger partial charge in [-0.25, -0.2) is 9.97 Å². The summed E-state index contributed by atoms with van der Waals surface area (Å²) in [7, 11) is 0. The Morgan fingerprint density at radius 2 is 2.11 bits per heavy atom. The van der Waals surface area contributed by atoms with Gasteiger partial charge in [-0.05, 0) is 30.3 Å². The summed E-state index contributed by atoms with van der Waals surface area (Å²) in [5.74, 6) is 0.385. The van der Waals surface area contributed by atoms with Gasteiger partial charge in [0.15, 0.2) is 0 Å². The van der Waals surface area contributed by atoms with Gasteiger partial charge in [-0.15, -0.1) is 11.3 Å². The lowest BCUT2D eigenvalue weighted by Crippen LogP contribution is -2.12. The van der Waals surface area contributed by atoms with Crippen molar-refractivity contribution in [1.82, 2.24) is 9.97 Å². The Kier molecular flexibility index (Phi) is 2.74. The fourth-order valence-electron chi connectivity index (χ4n) is 1.62. The van der Waals surface area contributed by atoms with Gasteiger partial charge in [-0.1, -0.05) is 6.07 Å². The average Bonchev–Trinajstić information content (AvgIpc) is 2.87. The molecule has 88 valence electrons. The van der Waals surface area contributed by atoms with E-state index in [9.17, 15) is 4.79 Å². The van der Waals surface area contributed by atoms with Gasteiger partial charge in [-0.2, -0.15) is 0 Å². The molecule has 3 rings (SSSR count). The maximum Gasteiger partial charge on any atom is 0.256 e. The van der Waals surface area contributed by atoms with Gasteiger partial charge >= 0.3 is 0 Å². The number of carbonyl (C=O) groups excluding carboxylic acids is 1. The molecule has 1 N–H and O–H groups in total. The van der Waals surface area contributed by atoms with Crippen LogP contribution in [-0.4, -0.2) is 15.9 Å². The Labute approximate surface area is 107 Å². The molecule has 5 heteroatoms. The number of nitrogens with zero attached hydrogens (tertiary/aromatic N) is 2. The van der Waals surface area contributed by atoms with Gasteiger partial charge in [0.25, 0.3) is 5.91 Å². The van der Waals surface area contributed by atoms with E-state index in [1.807, 2.05) is 18.2 Å². The molecule has 0 unspecified atom stereocenters. The highest BCUT2D eigenvalue weighted by molar-refractivity contribution is 7.16. The summed E-state index contributed by atoms with van der Waals surface area (Å²) in [4.78, 5) is 20.2. The van der Waals surface area contributed by atoms with E-state index >= 15 is 0 Å². The first-order valence-electron chi connectivity index (χ1n) is 5.38. The second-order valence-corrected chi connectivity index (χ2v) is 4.59. The number of hydrogen-bond acceptors (Lipinski definition) is 4. The van der Waals surface area contributed by atoms with Crippen LogP contribution in [0.5, 0.6) is 0 Å². The Bertz CT molecular complexity index is 694. The van der Waals surface area contributed by atoms with Crippen LogP contribution in [0.4, 0.5) is 5.82 Å². The molecule has 3 aromatic rings. The molecule has 2 heterocycles. The molecule has 0 aliphatic carbocycles. The summed E-state index contributed by atoms with van der Waals surface area (Å²) >= 11 is 1.52. The van der Waals surface area contributed by atoms with Gasteiger partial charge < -0.3 is 5.32 Å². The van der Waals surface area contributed by atoms with Crippen LogP contribution in [0, 0.1) is 0 Å². The molecular weight excluding hydrogens is 246 g/mol. The summed E-state index contributed by atoms with van der Waals surface area (Å²) in [6.07, 6.45) is 1.64. The molecule has 0 aliphatic rings. The van der Waals surface area contributed by atoms with Crippen molar-refractivity contribution in [2.24, 2.45) is 0 Å². The number of carbonyl (C=O) groups is 1. The SMILES string of the molecule is O=C(Nc1ccccn1)c1ccc2ncsc2c1. The highest BCUT2D eigenvalue weighted by atomic mass is 32.1. The van der Waals surface area contributed by atoms with Crippen LogP contribution in [0.3, 0.4) is 0 Å². The monoisotopic (exact) mass is 255 g/mol. The second kappa shape index (κ2) is 4.54. The Hall–Kier alpha value is -2.27. The van der Waals surface area contributed by atoms with Crippen molar-refractivity contribution < 1.29 is 4.79 Å². The number of thiazole rings is 1. The van der Waals surface area contributed by atoms with E-state index in [-0.39, 0.29) is 5.91 Å². The van der Waals surface area contributed by atoms with E-state index < -0.39 is 0 Å². The second-order valence-electron chi connectivity index (χ2n) is 3.70. The average molecular weight is 255 g/mol. The van der Waals surface area contributed by atoms with Gasteiger partial charge in [-0.3, -0.25) is 4.79 Å². The van der Waals surface area contributed by atoms with Crippen molar-refractivity contribution in [2.75, 3.05) is 5.32 Å². The molecule has 0 fully saturated rings.